The lowest BCUT2D eigenvalue weighted by molar-refractivity contribution is 0.193. The summed E-state index contributed by atoms with van der Waals surface area (Å²) >= 11 is 0. The monoisotopic (exact) mass is 243 g/mol. The molecule has 0 radical (unpaired) electrons. The number of imidazole rings is 1. The van der Waals surface area contributed by atoms with Crippen LogP contribution in [0.4, 0.5) is 0 Å². The van der Waals surface area contributed by atoms with Crippen LogP contribution in [0.15, 0.2) is 24.5 Å². The van der Waals surface area contributed by atoms with Gasteiger partial charge in [0, 0.05) is 18.9 Å². The summed E-state index contributed by atoms with van der Waals surface area (Å²) < 4.78 is 2.12. The molecule has 4 rings (SSSR count). The van der Waals surface area contributed by atoms with E-state index in [9.17, 15) is 5.11 Å². The molecule has 4 heteroatoms. The first-order valence-corrected chi connectivity index (χ1v) is 6.69. The van der Waals surface area contributed by atoms with Crippen LogP contribution in [0, 0.1) is 0 Å². The number of hydrogen-bond acceptors (Lipinski definition) is 3. The fraction of sp³-hybridized carbons (Fsp3) is 0.500. The Labute approximate surface area is 106 Å². The summed E-state index contributed by atoms with van der Waals surface area (Å²) in [4.78, 5) is 4.64. The molecule has 2 atom stereocenters. The third kappa shape index (κ3) is 1.72. The predicted octanol–water partition coefficient (Wildman–Crippen LogP) is 1.61. The van der Waals surface area contributed by atoms with Crippen molar-refractivity contribution in [1.29, 1.82) is 0 Å². The van der Waals surface area contributed by atoms with Crippen molar-refractivity contribution in [3.8, 4) is 0 Å². The number of aliphatic hydroxyl groups excluding tert-OH is 1. The van der Waals surface area contributed by atoms with Gasteiger partial charge in [-0.25, -0.2) is 4.98 Å². The van der Waals surface area contributed by atoms with Gasteiger partial charge < -0.3 is 14.8 Å². The van der Waals surface area contributed by atoms with E-state index in [0.717, 1.165) is 23.7 Å². The third-order valence-corrected chi connectivity index (χ3v) is 4.01. The van der Waals surface area contributed by atoms with Gasteiger partial charge >= 0.3 is 0 Å². The van der Waals surface area contributed by atoms with Crippen molar-refractivity contribution in [3.63, 3.8) is 0 Å². The Balaban J connectivity index is 1.70. The molecule has 94 valence electrons. The summed E-state index contributed by atoms with van der Waals surface area (Å²) in [6.07, 6.45) is 7.47. The lowest BCUT2D eigenvalue weighted by atomic mass is 10.1. The zero-order valence-corrected chi connectivity index (χ0v) is 10.2. The maximum absolute atomic E-state index is 9.56. The summed E-state index contributed by atoms with van der Waals surface area (Å²) in [5.74, 6) is 0.770. The van der Waals surface area contributed by atoms with Gasteiger partial charge in [0.25, 0.3) is 0 Å². The van der Waals surface area contributed by atoms with E-state index in [1.807, 2.05) is 0 Å². The zero-order chi connectivity index (χ0) is 12.1. The van der Waals surface area contributed by atoms with E-state index in [0.29, 0.717) is 6.54 Å². The Morgan fingerprint density at radius 2 is 2.17 bits per heavy atom. The number of nitrogens with zero attached hydrogens (tertiary/aromatic N) is 2. The normalized spacial score (nSPS) is 28.1. The molecule has 2 unspecified atom stereocenters. The Bertz CT molecular complexity index is 588. The second-order valence-corrected chi connectivity index (χ2v) is 5.52. The Morgan fingerprint density at radius 3 is 2.89 bits per heavy atom. The molecule has 1 aliphatic heterocycles. The number of nitrogens with one attached hydrogen (secondary N) is 1. The van der Waals surface area contributed by atoms with Crippen LogP contribution in [0.1, 0.15) is 42.5 Å². The van der Waals surface area contributed by atoms with E-state index in [1.165, 1.54) is 18.4 Å². The van der Waals surface area contributed by atoms with Gasteiger partial charge in [0.15, 0.2) is 0 Å². The lowest BCUT2D eigenvalue weighted by Crippen LogP contribution is -2.15. The highest BCUT2D eigenvalue weighted by atomic mass is 16.3. The SMILES string of the molecule is OC1CNC(c2cn3cc(C4CC4)ccc3n2)C1. The molecule has 1 saturated heterocycles. The number of fused-ring (bicyclic) bond motifs is 1. The number of pyridine rings is 1. The van der Waals surface area contributed by atoms with Gasteiger partial charge in [-0.1, -0.05) is 6.07 Å². The molecule has 0 spiro atoms. The quantitative estimate of drug-likeness (QED) is 0.842. The molecule has 18 heavy (non-hydrogen) atoms. The fourth-order valence-corrected chi connectivity index (χ4v) is 2.80. The first kappa shape index (κ1) is 10.5. The molecule has 1 aliphatic carbocycles. The van der Waals surface area contributed by atoms with Crippen LogP contribution in [0.5, 0.6) is 0 Å². The van der Waals surface area contributed by atoms with Gasteiger partial charge in [-0.2, -0.15) is 0 Å². The molecule has 1 saturated carbocycles. The zero-order valence-electron chi connectivity index (χ0n) is 10.2. The molecule has 0 amide bonds. The van der Waals surface area contributed by atoms with E-state index in [-0.39, 0.29) is 12.1 Å². The topological polar surface area (TPSA) is 49.6 Å². The largest absolute Gasteiger partial charge is 0.392 e. The van der Waals surface area contributed by atoms with Crippen LogP contribution in [-0.2, 0) is 0 Å². The molecule has 2 aromatic rings. The van der Waals surface area contributed by atoms with Crippen molar-refractivity contribution >= 4 is 5.65 Å². The van der Waals surface area contributed by atoms with Gasteiger partial charge in [-0.15, -0.1) is 0 Å². The Hall–Kier alpha value is -1.39. The Kier molecular flexibility index (Phi) is 2.22. The summed E-state index contributed by atoms with van der Waals surface area (Å²) in [7, 11) is 0. The first-order valence-electron chi connectivity index (χ1n) is 6.69. The molecular formula is C14H17N3O. The fourth-order valence-electron chi connectivity index (χ4n) is 2.80. The maximum Gasteiger partial charge on any atom is 0.137 e. The average molecular weight is 243 g/mol. The predicted molar refractivity (Wildman–Crippen MR) is 68.5 cm³/mol. The van der Waals surface area contributed by atoms with E-state index in [4.69, 9.17) is 0 Å². The first-order chi connectivity index (χ1) is 8.79. The lowest BCUT2D eigenvalue weighted by Gasteiger charge is -2.04. The second kappa shape index (κ2) is 3.80. The van der Waals surface area contributed by atoms with Crippen molar-refractivity contribution < 1.29 is 5.11 Å². The van der Waals surface area contributed by atoms with E-state index >= 15 is 0 Å². The van der Waals surface area contributed by atoms with Gasteiger partial charge in [0.2, 0.25) is 0 Å². The minimum Gasteiger partial charge on any atom is -0.392 e. The minimum atomic E-state index is -0.234. The highest BCUT2D eigenvalue weighted by Gasteiger charge is 2.26. The summed E-state index contributed by atoms with van der Waals surface area (Å²) in [6.45, 7) is 0.672. The van der Waals surface area contributed by atoms with Crippen LogP contribution in [0.2, 0.25) is 0 Å². The van der Waals surface area contributed by atoms with E-state index in [1.54, 1.807) is 0 Å². The van der Waals surface area contributed by atoms with Crippen LogP contribution >= 0.6 is 0 Å². The average Bonchev–Trinajstić information content (AvgIpc) is 2.99. The molecule has 0 bridgehead atoms. The van der Waals surface area contributed by atoms with E-state index < -0.39 is 0 Å². The molecule has 2 aromatic heterocycles. The molecule has 2 N–H and O–H groups in total. The number of hydrogen-bond donors (Lipinski definition) is 2. The summed E-state index contributed by atoms with van der Waals surface area (Å²) in [5.41, 5.74) is 3.46. The summed E-state index contributed by atoms with van der Waals surface area (Å²) in [6, 6.07) is 4.49. The van der Waals surface area contributed by atoms with Crippen molar-refractivity contribution in [2.45, 2.75) is 37.3 Å². The number of aliphatic hydroxyl groups is 1. The number of β-amino-alcohol motifs (C(OH)–C–C–N with tert-alkyl or cyclic N) is 1. The smallest absolute Gasteiger partial charge is 0.137 e. The van der Waals surface area contributed by atoms with Crippen LogP contribution in [-0.4, -0.2) is 27.1 Å². The minimum absolute atomic E-state index is 0.198. The highest BCUT2D eigenvalue weighted by molar-refractivity contribution is 5.43. The molecule has 2 fully saturated rings. The molecule has 0 aromatic carbocycles. The van der Waals surface area contributed by atoms with Crippen molar-refractivity contribution in [2.75, 3.05) is 6.54 Å². The molecular weight excluding hydrogens is 226 g/mol. The third-order valence-electron chi connectivity index (χ3n) is 4.01. The van der Waals surface area contributed by atoms with Gasteiger partial charge in [0.05, 0.1) is 17.8 Å². The van der Waals surface area contributed by atoms with Crippen molar-refractivity contribution in [3.05, 3.63) is 35.8 Å². The van der Waals surface area contributed by atoms with Crippen molar-refractivity contribution in [2.24, 2.45) is 0 Å². The number of rotatable bonds is 2. The summed E-state index contributed by atoms with van der Waals surface area (Å²) in [5, 5.41) is 12.9. The van der Waals surface area contributed by atoms with Gasteiger partial charge in [-0.3, -0.25) is 0 Å². The molecule has 2 aliphatic rings. The van der Waals surface area contributed by atoms with Crippen LogP contribution < -0.4 is 5.32 Å². The van der Waals surface area contributed by atoms with Crippen molar-refractivity contribution in [1.82, 2.24) is 14.7 Å². The standard InChI is InChI=1S/C14H17N3O/c18-11-5-12(15-6-11)13-8-17-7-10(9-1-2-9)3-4-14(17)16-13/h3-4,7-9,11-12,15,18H,1-2,5-6H2. The van der Waals surface area contributed by atoms with Gasteiger partial charge in [0.1, 0.15) is 5.65 Å². The van der Waals surface area contributed by atoms with E-state index in [2.05, 4.69) is 39.2 Å². The second-order valence-electron chi connectivity index (χ2n) is 5.52. The molecule has 3 heterocycles. The van der Waals surface area contributed by atoms with Crippen LogP contribution in [0.3, 0.4) is 0 Å². The number of aromatic nitrogens is 2. The van der Waals surface area contributed by atoms with Crippen LogP contribution in [0.25, 0.3) is 5.65 Å². The van der Waals surface area contributed by atoms with Gasteiger partial charge in [-0.05, 0) is 36.8 Å². The highest BCUT2D eigenvalue weighted by Crippen LogP contribution is 2.40. The molecule has 4 nitrogen and oxygen atoms in total. The maximum atomic E-state index is 9.56. The Morgan fingerprint density at radius 1 is 1.28 bits per heavy atom.